The molecule has 2 N–H and O–H groups in total. The van der Waals surface area contributed by atoms with Crippen molar-refractivity contribution in [2.45, 2.75) is 63.3 Å². The normalized spacial score (nSPS) is 18.4. The van der Waals surface area contributed by atoms with Crippen LogP contribution in [0.25, 0.3) is 0 Å². The molecule has 1 atom stereocenters. The van der Waals surface area contributed by atoms with Crippen molar-refractivity contribution in [1.82, 2.24) is 0 Å². The monoisotopic (exact) mass is 655 g/mol. The Kier molecular flexibility index (Phi) is 8.62. The van der Waals surface area contributed by atoms with Gasteiger partial charge in [0.05, 0.1) is 33.8 Å². The molecule has 0 radical (unpaired) electrons. The van der Waals surface area contributed by atoms with Crippen LogP contribution in [0.4, 0.5) is 18.9 Å². The number of carbonyl (C=O) groups is 1. The molecule has 1 heterocycles. The highest BCUT2D eigenvalue weighted by Gasteiger charge is 2.46. The summed E-state index contributed by atoms with van der Waals surface area (Å²) in [5, 5.41) is 11.2. The van der Waals surface area contributed by atoms with Crippen LogP contribution in [0.2, 0.25) is 10.0 Å². The highest BCUT2D eigenvalue weighted by Crippen LogP contribution is 2.52. The standard InChI is InChI=1S/C34H30Cl2F3N3OS/c1-18-11-20(17-44-23-8-6-22(35)7-9-23)19(2)24(12-18)30-25(16-40)32(41)42(28-14-33(3,4)15-29(43)31(28)30)27-13-21(34(37,38)39)5-10-26(27)36/h5-13,30H,14-15,17,41H2,1-4H3. The van der Waals surface area contributed by atoms with Gasteiger partial charge in [0.15, 0.2) is 5.78 Å². The van der Waals surface area contributed by atoms with Gasteiger partial charge in [-0.05, 0) is 84.8 Å². The fourth-order valence-electron chi connectivity index (χ4n) is 6.06. The molecule has 4 nitrogen and oxygen atoms in total. The fraction of sp³-hybridized carbons (Fsp3) is 0.294. The van der Waals surface area contributed by atoms with Crippen LogP contribution in [0.15, 0.2) is 82.2 Å². The molecule has 0 saturated heterocycles. The Hall–Kier alpha value is -3.38. The van der Waals surface area contributed by atoms with Crippen LogP contribution in [-0.4, -0.2) is 5.78 Å². The number of nitrogens with two attached hydrogens (primary N) is 1. The SMILES string of the molecule is Cc1cc(CSc2ccc(Cl)cc2)c(C)c(C2C(C#N)=C(N)N(c3cc(C(F)(F)F)ccc3Cl)C3=C2C(=O)CC(C)(C)C3)c1. The van der Waals surface area contributed by atoms with Crippen molar-refractivity contribution in [2.75, 3.05) is 4.90 Å². The number of hydrogen-bond donors (Lipinski definition) is 1. The number of anilines is 1. The number of Topliss-reactive ketones (excluding diaryl/α,β-unsaturated/α-hetero) is 1. The van der Waals surface area contributed by atoms with Crippen LogP contribution in [0.3, 0.4) is 0 Å². The number of nitrogens with zero attached hydrogens (tertiary/aromatic N) is 2. The molecule has 1 aliphatic heterocycles. The van der Waals surface area contributed by atoms with Gasteiger partial charge in [0.1, 0.15) is 5.82 Å². The zero-order valence-electron chi connectivity index (χ0n) is 24.6. The van der Waals surface area contributed by atoms with E-state index >= 15 is 0 Å². The van der Waals surface area contributed by atoms with Gasteiger partial charge in [-0.2, -0.15) is 18.4 Å². The van der Waals surface area contributed by atoms with Crippen LogP contribution in [0, 0.1) is 30.6 Å². The molecule has 10 heteroatoms. The quantitative estimate of drug-likeness (QED) is 0.277. The Morgan fingerprint density at radius 2 is 1.75 bits per heavy atom. The Morgan fingerprint density at radius 1 is 1.07 bits per heavy atom. The van der Waals surface area contributed by atoms with E-state index < -0.39 is 23.1 Å². The summed E-state index contributed by atoms with van der Waals surface area (Å²) in [6.07, 6.45) is -4.07. The second-order valence-corrected chi connectivity index (χ2v) is 13.9. The van der Waals surface area contributed by atoms with E-state index in [4.69, 9.17) is 28.9 Å². The largest absolute Gasteiger partial charge is 0.416 e. The van der Waals surface area contributed by atoms with Crippen molar-refractivity contribution in [3.63, 3.8) is 0 Å². The number of alkyl halides is 3. The van der Waals surface area contributed by atoms with Crippen LogP contribution >= 0.6 is 35.0 Å². The number of hydrogen-bond acceptors (Lipinski definition) is 5. The Morgan fingerprint density at radius 3 is 2.39 bits per heavy atom. The lowest BCUT2D eigenvalue weighted by Crippen LogP contribution is -2.42. The lowest BCUT2D eigenvalue weighted by Gasteiger charge is -2.44. The van der Waals surface area contributed by atoms with Gasteiger partial charge in [0.2, 0.25) is 0 Å². The molecule has 0 amide bonds. The Balaban J connectivity index is 1.70. The number of aryl methyl sites for hydroxylation is 1. The predicted octanol–water partition coefficient (Wildman–Crippen LogP) is 9.86. The molecule has 1 aliphatic carbocycles. The van der Waals surface area contributed by atoms with Crippen molar-refractivity contribution in [3.8, 4) is 6.07 Å². The topological polar surface area (TPSA) is 70.1 Å². The lowest BCUT2D eigenvalue weighted by molar-refractivity contribution is -0.137. The first-order valence-electron chi connectivity index (χ1n) is 13.9. The van der Waals surface area contributed by atoms with Gasteiger partial charge in [0, 0.05) is 33.4 Å². The number of allylic oxidation sites excluding steroid dienone is 3. The van der Waals surface area contributed by atoms with Gasteiger partial charge in [-0.3, -0.25) is 9.69 Å². The smallest absolute Gasteiger partial charge is 0.384 e. The molecule has 1 unspecified atom stereocenters. The molecule has 3 aromatic carbocycles. The van der Waals surface area contributed by atoms with Gasteiger partial charge >= 0.3 is 6.18 Å². The molecule has 0 fully saturated rings. The predicted molar refractivity (Wildman–Crippen MR) is 170 cm³/mol. The van der Waals surface area contributed by atoms with E-state index in [-0.39, 0.29) is 34.3 Å². The van der Waals surface area contributed by atoms with Gasteiger partial charge < -0.3 is 5.73 Å². The zero-order valence-corrected chi connectivity index (χ0v) is 26.9. The number of nitriles is 1. The average molecular weight is 657 g/mol. The van der Waals surface area contributed by atoms with Gasteiger partial charge in [-0.15, -0.1) is 11.8 Å². The molecule has 3 aromatic rings. The van der Waals surface area contributed by atoms with Crippen molar-refractivity contribution in [2.24, 2.45) is 11.1 Å². The molecule has 0 bridgehead atoms. The summed E-state index contributed by atoms with van der Waals surface area (Å²) in [6.45, 7) is 7.78. The summed E-state index contributed by atoms with van der Waals surface area (Å²) >= 11 is 14.2. The van der Waals surface area contributed by atoms with Crippen molar-refractivity contribution in [3.05, 3.63) is 115 Å². The third-order valence-corrected chi connectivity index (χ3v) is 9.75. The summed E-state index contributed by atoms with van der Waals surface area (Å²) < 4.78 is 41.4. The summed E-state index contributed by atoms with van der Waals surface area (Å²) in [7, 11) is 0. The van der Waals surface area contributed by atoms with E-state index in [1.807, 2.05) is 58.0 Å². The second-order valence-electron chi connectivity index (χ2n) is 12.0. The van der Waals surface area contributed by atoms with E-state index in [0.717, 1.165) is 45.3 Å². The Labute approximate surface area is 269 Å². The molecule has 5 rings (SSSR count). The van der Waals surface area contributed by atoms with Gasteiger partial charge in [-0.25, -0.2) is 0 Å². The highest BCUT2D eigenvalue weighted by molar-refractivity contribution is 7.98. The molecule has 0 spiro atoms. The van der Waals surface area contributed by atoms with Crippen molar-refractivity contribution < 1.29 is 18.0 Å². The minimum Gasteiger partial charge on any atom is -0.384 e. The molecule has 44 heavy (non-hydrogen) atoms. The highest BCUT2D eigenvalue weighted by atomic mass is 35.5. The average Bonchev–Trinajstić information content (AvgIpc) is 2.93. The number of benzene rings is 3. The fourth-order valence-corrected chi connectivity index (χ4v) is 7.34. The number of rotatable bonds is 5. The molecule has 2 aliphatic rings. The van der Waals surface area contributed by atoms with Gasteiger partial charge in [-0.1, -0.05) is 54.7 Å². The molecule has 0 aromatic heterocycles. The van der Waals surface area contributed by atoms with Crippen LogP contribution in [0.1, 0.15) is 60.4 Å². The maximum Gasteiger partial charge on any atom is 0.416 e. The maximum atomic E-state index is 14.0. The number of ketones is 1. The van der Waals surface area contributed by atoms with E-state index in [0.29, 0.717) is 28.5 Å². The van der Waals surface area contributed by atoms with E-state index in [2.05, 4.69) is 12.1 Å². The molecule has 0 saturated carbocycles. The second kappa shape index (κ2) is 11.8. The van der Waals surface area contributed by atoms with E-state index in [9.17, 15) is 23.2 Å². The number of carbonyl (C=O) groups excluding carboxylic acids is 1. The van der Waals surface area contributed by atoms with Crippen LogP contribution in [-0.2, 0) is 16.7 Å². The molecular formula is C34H30Cl2F3N3OS. The van der Waals surface area contributed by atoms with Crippen LogP contribution < -0.4 is 10.6 Å². The first kappa shape index (κ1) is 32.0. The first-order valence-corrected chi connectivity index (χ1v) is 15.7. The van der Waals surface area contributed by atoms with Crippen LogP contribution in [0.5, 0.6) is 0 Å². The summed E-state index contributed by atoms with van der Waals surface area (Å²) in [4.78, 5) is 16.5. The summed E-state index contributed by atoms with van der Waals surface area (Å²) in [5.41, 5.74) is 9.87. The summed E-state index contributed by atoms with van der Waals surface area (Å²) in [6, 6.07) is 16.8. The van der Waals surface area contributed by atoms with Gasteiger partial charge in [0.25, 0.3) is 0 Å². The third kappa shape index (κ3) is 6.10. The number of halogens is 5. The zero-order chi connectivity index (χ0) is 32.1. The van der Waals surface area contributed by atoms with E-state index in [1.54, 1.807) is 11.8 Å². The van der Waals surface area contributed by atoms with Crippen molar-refractivity contribution >= 4 is 46.4 Å². The molecular weight excluding hydrogens is 626 g/mol. The minimum absolute atomic E-state index is 0.0209. The summed E-state index contributed by atoms with van der Waals surface area (Å²) in [5.74, 6) is -0.360. The minimum atomic E-state index is -4.63. The lowest BCUT2D eigenvalue weighted by atomic mass is 9.68. The third-order valence-electron chi connectivity index (χ3n) is 8.11. The molecule has 228 valence electrons. The Bertz CT molecular complexity index is 1770. The van der Waals surface area contributed by atoms with Crippen molar-refractivity contribution in [1.29, 1.82) is 5.26 Å². The number of thioether (sulfide) groups is 1. The maximum absolute atomic E-state index is 14.0. The van der Waals surface area contributed by atoms with E-state index in [1.165, 1.54) is 4.90 Å². The first-order chi connectivity index (χ1) is 20.6.